The largest absolute Gasteiger partial charge is 0.470 e. The molecular weight excluding hydrogens is 342 g/mol. The van der Waals surface area contributed by atoms with E-state index in [9.17, 15) is 4.79 Å². The maximum atomic E-state index is 12.2. The molecule has 0 radical (unpaired) electrons. The lowest BCUT2D eigenvalue weighted by Crippen LogP contribution is -2.46. The van der Waals surface area contributed by atoms with Gasteiger partial charge in [0.1, 0.15) is 11.7 Å². The molecule has 0 aliphatic carbocycles. The highest BCUT2D eigenvalue weighted by atomic mass is 35.5. The molecule has 0 saturated carbocycles. The Morgan fingerprint density at radius 1 is 1.24 bits per heavy atom. The predicted molar refractivity (Wildman–Crippen MR) is 96.0 cm³/mol. The van der Waals surface area contributed by atoms with Gasteiger partial charge in [0.25, 0.3) is 5.88 Å². The number of aromatic nitrogens is 2. The van der Waals surface area contributed by atoms with Crippen molar-refractivity contribution in [2.24, 2.45) is 0 Å². The molecular formula is C18H22ClN3O3. The zero-order chi connectivity index (χ0) is 18.0. The quantitative estimate of drug-likeness (QED) is 0.805. The van der Waals surface area contributed by atoms with Crippen molar-refractivity contribution < 1.29 is 14.3 Å². The Balaban J connectivity index is 1.70. The molecule has 1 aliphatic rings. The van der Waals surface area contributed by atoms with Crippen molar-refractivity contribution in [1.82, 2.24) is 14.9 Å². The second-order valence-corrected chi connectivity index (χ2v) is 7.47. The highest BCUT2D eigenvalue weighted by Crippen LogP contribution is 2.26. The van der Waals surface area contributed by atoms with Crippen molar-refractivity contribution in [3.05, 3.63) is 29.4 Å². The van der Waals surface area contributed by atoms with E-state index in [1.807, 2.05) is 45.0 Å². The Kier molecular flexibility index (Phi) is 4.99. The van der Waals surface area contributed by atoms with Crippen molar-refractivity contribution in [3.8, 4) is 5.88 Å². The number of benzene rings is 1. The van der Waals surface area contributed by atoms with Crippen molar-refractivity contribution in [1.29, 1.82) is 0 Å². The molecule has 0 unspecified atom stereocenters. The molecule has 0 spiro atoms. The smallest absolute Gasteiger partial charge is 0.410 e. The summed E-state index contributed by atoms with van der Waals surface area (Å²) in [5.74, 6) is 0.302. The minimum Gasteiger partial charge on any atom is -0.470 e. The molecule has 134 valence electrons. The van der Waals surface area contributed by atoms with Crippen LogP contribution in [-0.4, -0.2) is 45.8 Å². The lowest BCUT2D eigenvalue weighted by molar-refractivity contribution is 0.00724. The van der Waals surface area contributed by atoms with Gasteiger partial charge in [0.15, 0.2) is 5.15 Å². The lowest BCUT2D eigenvalue weighted by Gasteiger charge is -2.34. The summed E-state index contributed by atoms with van der Waals surface area (Å²) in [5.41, 5.74) is 0.929. The van der Waals surface area contributed by atoms with Crippen LogP contribution in [0.25, 0.3) is 11.0 Å². The Hall–Kier alpha value is -2.08. The van der Waals surface area contributed by atoms with Crippen LogP contribution < -0.4 is 4.74 Å². The first-order valence-corrected chi connectivity index (χ1v) is 8.76. The fourth-order valence-corrected chi connectivity index (χ4v) is 2.90. The molecule has 7 heteroatoms. The van der Waals surface area contributed by atoms with Gasteiger partial charge in [-0.1, -0.05) is 23.7 Å². The maximum Gasteiger partial charge on any atom is 0.410 e. The molecule has 1 aromatic heterocycles. The summed E-state index contributed by atoms with van der Waals surface area (Å²) in [6.07, 6.45) is 1.15. The number of amides is 1. The second kappa shape index (κ2) is 7.04. The third-order valence-electron chi connectivity index (χ3n) is 3.81. The van der Waals surface area contributed by atoms with Crippen LogP contribution in [-0.2, 0) is 4.74 Å². The summed E-state index contributed by atoms with van der Waals surface area (Å²) in [6.45, 7) is 6.67. The number of nitrogens with zero attached hydrogens (tertiary/aromatic N) is 3. The van der Waals surface area contributed by atoms with E-state index in [0.29, 0.717) is 19.0 Å². The van der Waals surface area contributed by atoms with Gasteiger partial charge in [-0.3, -0.25) is 0 Å². The summed E-state index contributed by atoms with van der Waals surface area (Å²) < 4.78 is 11.4. The lowest BCUT2D eigenvalue weighted by atomic mass is 10.1. The molecule has 0 bridgehead atoms. The number of para-hydroxylation sites is 2. The maximum absolute atomic E-state index is 12.2. The Morgan fingerprint density at radius 3 is 2.60 bits per heavy atom. The highest BCUT2D eigenvalue weighted by Gasteiger charge is 2.29. The van der Waals surface area contributed by atoms with Crippen LogP contribution in [0, 0.1) is 0 Å². The molecule has 25 heavy (non-hydrogen) atoms. The van der Waals surface area contributed by atoms with E-state index in [2.05, 4.69) is 9.97 Å². The van der Waals surface area contributed by atoms with Crippen LogP contribution >= 0.6 is 11.6 Å². The normalized spacial score (nSPS) is 18.2. The van der Waals surface area contributed by atoms with Crippen LogP contribution in [0.4, 0.5) is 4.79 Å². The number of likely N-dealkylation sites (tertiary alicyclic amines) is 1. The van der Waals surface area contributed by atoms with Crippen LogP contribution in [0.2, 0.25) is 5.15 Å². The number of rotatable bonds is 2. The molecule has 1 amide bonds. The van der Waals surface area contributed by atoms with Gasteiger partial charge >= 0.3 is 6.09 Å². The van der Waals surface area contributed by atoms with Gasteiger partial charge in [0.05, 0.1) is 17.6 Å². The summed E-state index contributed by atoms with van der Waals surface area (Å²) in [5, 5.41) is 0.230. The van der Waals surface area contributed by atoms with Crippen molar-refractivity contribution in [2.45, 2.75) is 45.3 Å². The molecule has 6 nitrogen and oxygen atoms in total. The van der Waals surface area contributed by atoms with Crippen molar-refractivity contribution in [3.63, 3.8) is 0 Å². The number of ether oxygens (including phenoxy) is 2. The van der Waals surface area contributed by atoms with E-state index < -0.39 is 5.60 Å². The standard InChI is InChI=1S/C18H22ClN3O3/c1-18(2,3)25-17(23)22-10-6-7-12(11-22)24-16-15(19)20-13-8-4-5-9-14(13)21-16/h4-5,8-9,12H,6-7,10-11H2,1-3H3/t12-/m1/s1. The second-order valence-electron chi connectivity index (χ2n) is 7.12. The van der Waals surface area contributed by atoms with Gasteiger partial charge in [0, 0.05) is 6.54 Å². The third kappa shape index (κ3) is 4.51. The molecule has 1 saturated heterocycles. The third-order valence-corrected chi connectivity index (χ3v) is 4.05. The number of piperidine rings is 1. The fraction of sp³-hybridized carbons (Fsp3) is 0.500. The van der Waals surface area contributed by atoms with Gasteiger partial charge in [-0.05, 0) is 45.7 Å². The van der Waals surface area contributed by atoms with Gasteiger partial charge in [-0.15, -0.1) is 0 Å². The number of hydrogen-bond donors (Lipinski definition) is 0. The average molecular weight is 364 g/mol. The van der Waals surface area contributed by atoms with E-state index in [0.717, 1.165) is 23.9 Å². The van der Waals surface area contributed by atoms with Crippen LogP contribution in [0.3, 0.4) is 0 Å². The highest BCUT2D eigenvalue weighted by molar-refractivity contribution is 6.31. The first-order chi connectivity index (χ1) is 11.8. The molecule has 0 N–H and O–H groups in total. The van der Waals surface area contributed by atoms with Gasteiger partial charge < -0.3 is 14.4 Å². The monoisotopic (exact) mass is 363 g/mol. The molecule has 1 atom stereocenters. The molecule has 2 aromatic rings. The molecule has 2 heterocycles. The summed E-state index contributed by atoms with van der Waals surface area (Å²) in [7, 11) is 0. The van der Waals surface area contributed by atoms with E-state index in [1.54, 1.807) is 4.90 Å². The Labute approximate surface area is 152 Å². The van der Waals surface area contributed by atoms with E-state index in [4.69, 9.17) is 21.1 Å². The van der Waals surface area contributed by atoms with Crippen LogP contribution in [0.1, 0.15) is 33.6 Å². The van der Waals surface area contributed by atoms with E-state index in [-0.39, 0.29) is 17.4 Å². The summed E-state index contributed by atoms with van der Waals surface area (Å²) in [6, 6.07) is 7.48. The van der Waals surface area contributed by atoms with Crippen LogP contribution in [0.5, 0.6) is 5.88 Å². The number of hydrogen-bond acceptors (Lipinski definition) is 5. The first-order valence-electron chi connectivity index (χ1n) is 8.39. The van der Waals surface area contributed by atoms with E-state index in [1.165, 1.54) is 0 Å². The van der Waals surface area contributed by atoms with Gasteiger partial charge in [0.2, 0.25) is 0 Å². The SMILES string of the molecule is CC(C)(C)OC(=O)N1CCC[C@@H](Oc2nc3ccccc3nc2Cl)C1. The minimum atomic E-state index is -0.516. The topological polar surface area (TPSA) is 64.5 Å². The van der Waals surface area contributed by atoms with Crippen molar-refractivity contribution >= 4 is 28.7 Å². The van der Waals surface area contributed by atoms with Gasteiger partial charge in [-0.2, -0.15) is 0 Å². The minimum absolute atomic E-state index is 0.186. The zero-order valence-corrected chi connectivity index (χ0v) is 15.4. The predicted octanol–water partition coefficient (Wildman–Crippen LogP) is 4.06. The number of carbonyl (C=O) groups excluding carboxylic acids is 1. The summed E-state index contributed by atoms with van der Waals surface area (Å²) >= 11 is 6.20. The molecule has 1 aliphatic heterocycles. The Bertz CT molecular complexity index is 776. The number of carbonyl (C=O) groups is 1. The molecule has 3 rings (SSSR count). The molecule has 1 aromatic carbocycles. The number of fused-ring (bicyclic) bond motifs is 1. The fourth-order valence-electron chi connectivity index (χ4n) is 2.72. The molecule has 1 fully saturated rings. The van der Waals surface area contributed by atoms with Crippen molar-refractivity contribution in [2.75, 3.05) is 13.1 Å². The number of halogens is 1. The summed E-state index contributed by atoms with van der Waals surface area (Å²) in [4.78, 5) is 22.7. The Morgan fingerprint density at radius 2 is 1.92 bits per heavy atom. The van der Waals surface area contributed by atoms with Crippen LogP contribution in [0.15, 0.2) is 24.3 Å². The van der Waals surface area contributed by atoms with E-state index >= 15 is 0 Å². The van der Waals surface area contributed by atoms with Gasteiger partial charge in [-0.25, -0.2) is 14.8 Å². The average Bonchev–Trinajstić information content (AvgIpc) is 2.54. The first kappa shape index (κ1) is 17.7. The zero-order valence-electron chi connectivity index (χ0n) is 14.7.